The van der Waals surface area contributed by atoms with Crippen molar-refractivity contribution in [3.8, 4) is 0 Å². The van der Waals surface area contributed by atoms with Gasteiger partial charge in [0.25, 0.3) is 0 Å². The van der Waals surface area contributed by atoms with Crippen LogP contribution in [0.3, 0.4) is 0 Å². The summed E-state index contributed by atoms with van der Waals surface area (Å²) >= 11 is 5.98. The van der Waals surface area contributed by atoms with E-state index >= 15 is 0 Å². The van der Waals surface area contributed by atoms with E-state index in [0.717, 1.165) is 28.0 Å². The number of benzene rings is 2. The summed E-state index contributed by atoms with van der Waals surface area (Å²) in [5.74, 6) is 0.739. The van der Waals surface area contributed by atoms with Gasteiger partial charge in [-0.2, -0.15) is 0 Å². The third kappa shape index (κ3) is 2.21. The molecular weight excluding hydrogens is 270 g/mol. The molecule has 1 N–H and O–H groups in total. The topological polar surface area (TPSA) is 37.8 Å². The standard InChI is InChI=1S/C16H14ClN3/c1-10-11(2)16(20-19-15(10)17)18-14-9-5-7-12-6-3-4-8-13(12)14/h3-9H,1-2H3,(H,18,20). The Balaban J connectivity index is 2.08. The highest BCUT2D eigenvalue weighted by Crippen LogP contribution is 2.28. The van der Waals surface area contributed by atoms with Crippen LogP contribution in [0.4, 0.5) is 11.5 Å². The predicted molar refractivity (Wildman–Crippen MR) is 83.7 cm³/mol. The van der Waals surface area contributed by atoms with Crippen molar-refractivity contribution in [3.63, 3.8) is 0 Å². The lowest BCUT2D eigenvalue weighted by atomic mass is 10.1. The van der Waals surface area contributed by atoms with Crippen LogP contribution in [0.25, 0.3) is 10.8 Å². The highest BCUT2D eigenvalue weighted by Gasteiger charge is 2.09. The van der Waals surface area contributed by atoms with Crippen molar-refractivity contribution < 1.29 is 0 Å². The van der Waals surface area contributed by atoms with Gasteiger partial charge in [-0.1, -0.05) is 48.0 Å². The molecule has 100 valence electrons. The molecule has 3 rings (SSSR count). The number of hydrogen-bond donors (Lipinski definition) is 1. The fourth-order valence-electron chi connectivity index (χ4n) is 2.16. The zero-order chi connectivity index (χ0) is 14.1. The predicted octanol–water partition coefficient (Wildman–Crippen LogP) is 4.64. The summed E-state index contributed by atoms with van der Waals surface area (Å²) in [4.78, 5) is 0. The summed E-state index contributed by atoms with van der Waals surface area (Å²) in [5.41, 5.74) is 2.98. The second-order valence-corrected chi connectivity index (χ2v) is 5.10. The number of anilines is 2. The lowest BCUT2D eigenvalue weighted by Gasteiger charge is -2.12. The molecule has 0 amide bonds. The maximum absolute atomic E-state index is 5.98. The van der Waals surface area contributed by atoms with Crippen molar-refractivity contribution in [1.82, 2.24) is 10.2 Å². The molecule has 0 unspecified atom stereocenters. The van der Waals surface area contributed by atoms with Gasteiger partial charge in [0.1, 0.15) is 0 Å². The molecule has 1 aromatic heterocycles. The fourth-order valence-corrected chi connectivity index (χ4v) is 2.34. The SMILES string of the molecule is Cc1c(Cl)nnc(Nc2cccc3ccccc23)c1C. The molecule has 0 fully saturated rings. The number of halogens is 1. The van der Waals surface area contributed by atoms with Gasteiger partial charge >= 0.3 is 0 Å². The van der Waals surface area contributed by atoms with Gasteiger partial charge in [0.15, 0.2) is 11.0 Å². The van der Waals surface area contributed by atoms with Crippen LogP contribution in [0.15, 0.2) is 42.5 Å². The Morgan fingerprint density at radius 1 is 0.900 bits per heavy atom. The van der Waals surface area contributed by atoms with Gasteiger partial charge in [0, 0.05) is 11.1 Å². The van der Waals surface area contributed by atoms with Gasteiger partial charge in [-0.05, 0) is 36.4 Å². The molecule has 4 heteroatoms. The van der Waals surface area contributed by atoms with Crippen molar-refractivity contribution >= 4 is 33.9 Å². The van der Waals surface area contributed by atoms with Crippen molar-refractivity contribution in [2.75, 3.05) is 5.32 Å². The largest absolute Gasteiger partial charge is 0.338 e. The second kappa shape index (κ2) is 5.10. The monoisotopic (exact) mass is 283 g/mol. The zero-order valence-electron chi connectivity index (χ0n) is 11.3. The first kappa shape index (κ1) is 12.9. The normalized spacial score (nSPS) is 10.8. The van der Waals surface area contributed by atoms with Crippen LogP contribution >= 0.6 is 11.6 Å². The fraction of sp³-hybridized carbons (Fsp3) is 0.125. The summed E-state index contributed by atoms with van der Waals surface area (Å²) in [5, 5.41) is 14.3. The van der Waals surface area contributed by atoms with E-state index in [1.165, 1.54) is 5.39 Å². The minimum absolute atomic E-state index is 0.450. The molecular formula is C16H14ClN3. The molecule has 2 aromatic carbocycles. The van der Waals surface area contributed by atoms with Crippen LogP contribution < -0.4 is 5.32 Å². The van der Waals surface area contributed by atoms with E-state index in [-0.39, 0.29) is 0 Å². The Bertz CT molecular complexity index is 779. The average Bonchev–Trinajstić information content (AvgIpc) is 2.48. The molecule has 0 spiro atoms. The van der Waals surface area contributed by atoms with E-state index in [2.05, 4.69) is 33.7 Å². The molecule has 0 radical (unpaired) electrons. The highest BCUT2D eigenvalue weighted by atomic mass is 35.5. The molecule has 0 saturated carbocycles. The minimum Gasteiger partial charge on any atom is -0.338 e. The first-order valence-electron chi connectivity index (χ1n) is 6.41. The Labute approximate surface area is 122 Å². The van der Waals surface area contributed by atoms with Crippen LogP contribution in [0.1, 0.15) is 11.1 Å². The number of nitrogens with one attached hydrogen (secondary N) is 1. The summed E-state index contributed by atoms with van der Waals surface area (Å²) in [7, 11) is 0. The second-order valence-electron chi connectivity index (χ2n) is 4.74. The Morgan fingerprint density at radius 3 is 2.50 bits per heavy atom. The highest BCUT2D eigenvalue weighted by molar-refractivity contribution is 6.30. The molecule has 0 bridgehead atoms. The number of hydrogen-bond acceptors (Lipinski definition) is 3. The van der Waals surface area contributed by atoms with Gasteiger partial charge in [0.2, 0.25) is 0 Å². The maximum Gasteiger partial charge on any atom is 0.156 e. The third-order valence-electron chi connectivity index (χ3n) is 3.51. The Hall–Kier alpha value is -2.13. The van der Waals surface area contributed by atoms with Crippen LogP contribution in [-0.4, -0.2) is 10.2 Å². The molecule has 3 nitrogen and oxygen atoms in total. The maximum atomic E-state index is 5.98. The van der Waals surface area contributed by atoms with E-state index in [1.54, 1.807) is 0 Å². The van der Waals surface area contributed by atoms with Crippen LogP contribution in [-0.2, 0) is 0 Å². The lowest BCUT2D eigenvalue weighted by molar-refractivity contribution is 1.00. The molecule has 0 aliphatic carbocycles. The van der Waals surface area contributed by atoms with E-state index in [4.69, 9.17) is 11.6 Å². The quantitative estimate of drug-likeness (QED) is 0.744. The smallest absolute Gasteiger partial charge is 0.156 e. The van der Waals surface area contributed by atoms with E-state index < -0.39 is 0 Å². The molecule has 1 heterocycles. The van der Waals surface area contributed by atoms with Gasteiger partial charge < -0.3 is 5.32 Å². The number of rotatable bonds is 2. The first-order chi connectivity index (χ1) is 9.66. The van der Waals surface area contributed by atoms with Crippen LogP contribution in [0.5, 0.6) is 0 Å². The lowest BCUT2D eigenvalue weighted by Crippen LogP contribution is -2.01. The van der Waals surface area contributed by atoms with Gasteiger partial charge in [-0.15, -0.1) is 10.2 Å². The first-order valence-corrected chi connectivity index (χ1v) is 6.79. The third-order valence-corrected chi connectivity index (χ3v) is 3.87. The van der Waals surface area contributed by atoms with E-state index in [0.29, 0.717) is 5.15 Å². The van der Waals surface area contributed by atoms with Crippen molar-refractivity contribution in [3.05, 3.63) is 58.7 Å². The number of fused-ring (bicyclic) bond motifs is 1. The minimum atomic E-state index is 0.450. The molecule has 0 aliphatic rings. The zero-order valence-corrected chi connectivity index (χ0v) is 12.1. The Kier molecular flexibility index (Phi) is 3.28. The molecule has 0 atom stereocenters. The average molecular weight is 284 g/mol. The van der Waals surface area contributed by atoms with Crippen molar-refractivity contribution in [2.45, 2.75) is 13.8 Å². The summed E-state index contributed by atoms with van der Waals surface area (Å²) in [6.45, 7) is 3.93. The number of aromatic nitrogens is 2. The van der Waals surface area contributed by atoms with Gasteiger partial charge in [-0.25, -0.2) is 0 Å². The van der Waals surface area contributed by atoms with Crippen molar-refractivity contribution in [1.29, 1.82) is 0 Å². The Morgan fingerprint density at radius 2 is 1.65 bits per heavy atom. The van der Waals surface area contributed by atoms with Crippen molar-refractivity contribution in [2.24, 2.45) is 0 Å². The summed E-state index contributed by atoms with van der Waals surface area (Å²) in [6, 6.07) is 14.4. The van der Waals surface area contributed by atoms with Gasteiger partial charge in [0.05, 0.1) is 0 Å². The van der Waals surface area contributed by atoms with Crippen LogP contribution in [0, 0.1) is 13.8 Å². The van der Waals surface area contributed by atoms with Gasteiger partial charge in [-0.3, -0.25) is 0 Å². The van der Waals surface area contributed by atoms with E-state index in [1.807, 2.05) is 38.1 Å². The molecule has 3 aromatic rings. The van der Waals surface area contributed by atoms with E-state index in [9.17, 15) is 0 Å². The molecule has 20 heavy (non-hydrogen) atoms. The number of nitrogens with zero attached hydrogens (tertiary/aromatic N) is 2. The molecule has 0 saturated heterocycles. The van der Waals surface area contributed by atoms with Crippen LogP contribution in [0.2, 0.25) is 5.15 Å². The summed E-state index contributed by atoms with van der Waals surface area (Å²) < 4.78 is 0. The summed E-state index contributed by atoms with van der Waals surface area (Å²) in [6.07, 6.45) is 0. The molecule has 0 aliphatic heterocycles.